The van der Waals surface area contributed by atoms with Gasteiger partial charge in [0.25, 0.3) is 0 Å². The van der Waals surface area contributed by atoms with Crippen molar-refractivity contribution in [3.05, 3.63) is 35.9 Å². The molecule has 1 rings (SSSR count). The molecule has 0 atom stereocenters. The fraction of sp³-hybridized carbons (Fsp3) is 0.250. The molecule has 0 radical (unpaired) electrons. The minimum Gasteiger partial charge on any atom is -0.493 e. The molecule has 0 spiro atoms. The van der Waals surface area contributed by atoms with Crippen molar-refractivity contribution in [3.63, 3.8) is 0 Å². The highest BCUT2D eigenvalue weighted by Crippen LogP contribution is 2.27. The van der Waals surface area contributed by atoms with Crippen molar-refractivity contribution in [1.82, 2.24) is 0 Å². The molecule has 3 heteroatoms. The van der Waals surface area contributed by atoms with E-state index in [2.05, 4.69) is 6.58 Å². The number of aldehydes is 1. The van der Waals surface area contributed by atoms with E-state index >= 15 is 0 Å². The van der Waals surface area contributed by atoms with E-state index in [9.17, 15) is 4.79 Å². The summed E-state index contributed by atoms with van der Waals surface area (Å²) in [7, 11) is 1.56. The van der Waals surface area contributed by atoms with Crippen LogP contribution in [0.1, 0.15) is 17.3 Å². The van der Waals surface area contributed by atoms with E-state index in [0.717, 1.165) is 11.9 Å². The third-order valence-electron chi connectivity index (χ3n) is 1.80. The molecule has 0 heterocycles. The lowest BCUT2D eigenvalue weighted by Gasteiger charge is -2.10. The van der Waals surface area contributed by atoms with Crippen LogP contribution in [0.5, 0.6) is 11.5 Å². The highest BCUT2D eigenvalue weighted by atomic mass is 16.5. The summed E-state index contributed by atoms with van der Waals surface area (Å²) >= 11 is 0. The van der Waals surface area contributed by atoms with Crippen LogP contribution in [-0.4, -0.2) is 20.0 Å². The van der Waals surface area contributed by atoms with E-state index in [1.54, 1.807) is 25.3 Å². The van der Waals surface area contributed by atoms with Gasteiger partial charge in [0.1, 0.15) is 12.9 Å². The van der Waals surface area contributed by atoms with Crippen LogP contribution in [0.15, 0.2) is 30.4 Å². The van der Waals surface area contributed by atoms with Crippen LogP contribution in [0, 0.1) is 0 Å². The van der Waals surface area contributed by atoms with Crippen LogP contribution < -0.4 is 9.47 Å². The van der Waals surface area contributed by atoms with E-state index in [4.69, 9.17) is 9.47 Å². The van der Waals surface area contributed by atoms with Crippen LogP contribution in [0.4, 0.5) is 0 Å². The topological polar surface area (TPSA) is 35.5 Å². The smallest absolute Gasteiger partial charge is 0.162 e. The van der Waals surface area contributed by atoms with Crippen molar-refractivity contribution in [2.75, 3.05) is 13.7 Å². The molecule has 0 aliphatic heterocycles. The maximum Gasteiger partial charge on any atom is 0.162 e. The van der Waals surface area contributed by atoms with Gasteiger partial charge in [0.05, 0.1) is 7.11 Å². The van der Waals surface area contributed by atoms with Gasteiger partial charge in [0.15, 0.2) is 11.5 Å². The summed E-state index contributed by atoms with van der Waals surface area (Å²) in [6.07, 6.45) is 0.771. The van der Waals surface area contributed by atoms with Gasteiger partial charge in [-0.2, -0.15) is 0 Å². The van der Waals surface area contributed by atoms with E-state index in [0.29, 0.717) is 23.7 Å². The number of ether oxygens (including phenoxy) is 2. The van der Waals surface area contributed by atoms with Crippen LogP contribution in [-0.2, 0) is 0 Å². The van der Waals surface area contributed by atoms with Gasteiger partial charge < -0.3 is 9.47 Å². The van der Waals surface area contributed by atoms with Crippen LogP contribution in [0.25, 0.3) is 0 Å². The number of benzene rings is 1. The third-order valence-corrected chi connectivity index (χ3v) is 1.80. The minimum absolute atomic E-state index is 0.415. The Morgan fingerprint density at radius 2 is 2.20 bits per heavy atom. The van der Waals surface area contributed by atoms with Crippen molar-refractivity contribution >= 4 is 6.29 Å². The molecule has 0 aromatic heterocycles. The molecule has 3 nitrogen and oxygen atoms in total. The molecule has 0 saturated heterocycles. The number of methoxy groups -OCH3 is 1. The molecule has 15 heavy (non-hydrogen) atoms. The first-order valence-electron chi connectivity index (χ1n) is 4.57. The molecule has 0 aliphatic carbocycles. The molecule has 1 aromatic rings. The van der Waals surface area contributed by atoms with Crippen LogP contribution >= 0.6 is 0 Å². The van der Waals surface area contributed by atoms with Crippen molar-refractivity contribution < 1.29 is 14.3 Å². The highest BCUT2D eigenvalue weighted by molar-refractivity contribution is 5.76. The van der Waals surface area contributed by atoms with E-state index in [1.807, 2.05) is 6.92 Å². The first-order chi connectivity index (χ1) is 7.17. The third kappa shape index (κ3) is 3.13. The lowest BCUT2D eigenvalue weighted by atomic mass is 10.2. The van der Waals surface area contributed by atoms with E-state index < -0.39 is 0 Å². The Morgan fingerprint density at radius 1 is 1.47 bits per heavy atom. The Kier molecular flexibility index (Phi) is 3.92. The van der Waals surface area contributed by atoms with Crippen molar-refractivity contribution in [2.24, 2.45) is 0 Å². The van der Waals surface area contributed by atoms with Crippen molar-refractivity contribution in [3.8, 4) is 11.5 Å². The zero-order valence-electron chi connectivity index (χ0n) is 8.95. The Morgan fingerprint density at radius 3 is 2.73 bits per heavy atom. The normalized spacial score (nSPS) is 9.47. The quantitative estimate of drug-likeness (QED) is 0.548. The molecule has 0 bridgehead atoms. The summed E-state index contributed by atoms with van der Waals surface area (Å²) in [6.45, 7) is 6.02. The lowest BCUT2D eigenvalue weighted by molar-refractivity contribution is 0.112. The zero-order valence-corrected chi connectivity index (χ0v) is 8.95. The van der Waals surface area contributed by atoms with Crippen molar-refractivity contribution in [1.29, 1.82) is 0 Å². The maximum absolute atomic E-state index is 10.6. The second kappa shape index (κ2) is 5.20. The number of hydrogen-bond donors (Lipinski definition) is 0. The fourth-order valence-corrected chi connectivity index (χ4v) is 1.08. The number of hydrogen-bond acceptors (Lipinski definition) is 3. The molecule has 0 aliphatic rings. The van der Waals surface area contributed by atoms with Gasteiger partial charge in [-0.1, -0.05) is 6.58 Å². The molecule has 80 valence electrons. The lowest BCUT2D eigenvalue weighted by Crippen LogP contribution is -2.00. The molecular weight excluding hydrogens is 192 g/mol. The molecule has 0 amide bonds. The summed E-state index contributed by atoms with van der Waals surface area (Å²) < 4.78 is 10.6. The van der Waals surface area contributed by atoms with E-state index in [-0.39, 0.29) is 0 Å². The summed E-state index contributed by atoms with van der Waals surface area (Å²) in [5.74, 6) is 1.17. The Bertz CT molecular complexity index is 369. The standard InChI is InChI=1S/C12H14O3/c1-9(2)8-15-12-6-10(7-13)4-5-11(12)14-3/h4-7H,1,8H2,2-3H3. The Labute approximate surface area is 89.3 Å². The largest absolute Gasteiger partial charge is 0.493 e. The average Bonchev–Trinajstić information content (AvgIpc) is 2.25. The first kappa shape index (κ1) is 11.3. The van der Waals surface area contributed by atoms with Crippen LogP contribution in [0.2, 0.25) is 0 Å². The first-order valence-corrected chi connectivity index (χ1v) is 4.57. The summed E-state index contributed by atoms with van der Waals surface area (Å²) in [5.41, 5.74) is 1.47. The summed E-state index contributed by atoms with van der Waals surface area (Å²) in [4.78, 5) is 10.6. The summed E-state index contributed by atoms with van der Waals surface area (Å²) in [5, 5.41) is 0. The van der Waals surface area contributed by atoms with Gasteiger partial charge in [-0.25, -0.2) is 0 Å². The Hall–Kier alpha value is -1.77. The van der Waals surface area contributed by atoms with Gasteiger partial charge in [-0.05, 0) is 30.7 Å². The second-order valence-electron chi connectivity index (χ2n) is 3.27. The molecular formula is C12H14O3. The second-order valence-corrected chi connectivity index (χ2v) is 3.27. The van der Waals surface area contributed by atoms with Gasteiger partial charge in [-0.15, -0.1) is 0 Å². The number of carbonyl (C=O) groups is 1. The van der Waals surface area contributed by atoms with Gasteiger partial charge in [0.2, 0.25) is 0 Å². The predicted molar refractivity (Wildman–Crippen MR) is 58.7 cm³/mol. The van der Waals surface area contributed by atoms with Crippen LogP contribution in [0.3, 0.4) is 0 Å². The number of rotatable bonds is 5. The zero-order chi connectivity index (χ0) is 11.3. The van der Waals surface area contributed by atoms with Crippen molar-refractivity contribution in [2.45, 2.75) is 6.92 Å². The maximum atomic E-state index is 10.6. The average molecular weight is 206 g/mol. The Balaban J connectivity index is 2.90. The van der Waals surface area contributed by atoms with Gasteiger partial charge in [0, 0.05) is 5.56 Å². The molecule has 0 unspecified atom stereocenters. The predicted octanol–water partition coefficient (Wildman–Crippen LogP) is 2.46. The molecule has 0 N–H and O–H groups in total. The number of carbonyl (C=O) groups excluding carboxylic acids is 1. The van der Waals surface area contributed by atoms with Gasteiger partial charge >= 0.3 is 0 Å². The monoisotopic (exact) mass is 206 g/mol. The highest BCUT2D eigenvalue weighted by Gasteiger charge is 2.05. The molecule has 0 saturated carbocycles. The van der Waals surface area contributed by atoms with Gasteiger partial charge in [-0.3, -0.25) is 4.79 Å². The minimum atomic E-state index is 0.415. The fourth-order valence-electron chi connectivity index (χ4n) is 1.08. The van der Waals surface area contributed by atoms with E-state index in [1.165, 1.54) is 0 Å². The molecule has 0 fully saturated rings. The SMILES string of the molecule is C=C(C)COc1cc(C=O)ccc1OC. The molecule has 1 aromatic carbocycles. The summed E-state index contributed by atoms with van der Waals surface area (Å²) in [6, 6.07) is 5.03.